The van der Waals surface area contributed by atoms with E-state index < -0.39 is 16.6 Å². The first-order chi connectivity index (χ1) is 9.97. The molecule has 0 spiro atoms. The molecule has 8 nitrogen and oxygen atoms in total. The van der Waals surface area contributed by atoms with Crippen LogP contribution in [0.5, 0.6) is 0 Å². The molecule has 0 aliphatic carbocycles. The fourth-order valence-electron chi connectivity index (χ4n) is 1.54. The summed E-state index contributed by atoms with van der Waals surface area (Å²) in [7, 11) is 0. The van der Waals surface area contributed by atoms with Gasteiger partial charge in [-0.05, 0) is 36.4 Å². The molecule has 0 bridgehead atoms. The summed E-state index contributed by atoms with van der Waals surface area (Å²) in [4.78, 5) is 21.1. The fourth-order valence-corrected chi connectivity index (χ4v) is 1.54. The predicted octanol–water partition coefficient (Wildman–Crippen LogP) is 0.407. The van der Waals surface area contributed by atoms with Crippen LogP contribution in [0.1, 0.15) is 11.8 Å². The third kappa shape index (κ3) is 4.15. The number of hydrogen-bond donors (Lipinski definition) is 2. The number of nitrogen functional groups attached to an aromatic ring is 1. The van der Waals surface area contributed by atoms with E-state index in [2.05, 4.69) is 10.2 Å². The number of nitrogens with zero attached hydrogens (tertiary/aromatic N) is 3. The molecule has 0 amide bonds. The van der Waals surface area contributed by atoms with Gasteiger partial charge in [0.05, 0.1) is 16.2 Å². The molecule has 0 saturated heterocycles. The molecule has 0 atom stereocenters. The van der Waals surface area contributed by atoms with Crippen LogP contribution in [0.3, 0.4) is 0 Å². The Bertz CT molecular complexity index is 737. The van der Waals surface area contributed by atoms with Crippen molar-refractivity contribution >= 4 is 28.7 Å². The number of carboxylic acids is 1. The van der Waals surface area contributed by atoms with E-state index in [4.69, 9.17) is 10.8 Å². The smallest absolute Gasteiger partial charge is 1.00 e. The Morgan fingerprint density at radius 2 is 1.82 bits per heavy atom. The van der Waals surface area contributed by atoms with Crippen molar-refractivity contribution in [2.75, 3.05) is 5.73 Å². The maximum Gasteiger partial charge on any atom is 1.00 e. The first-order valence-electron chi connectivity index (χ1n) is 5.76. The Kier molecular flexibility index (Phi) is 5.80. The van der Waals surface area contributed by atoms with E-state index in [-0.39, 0.29) is 31.5 Å². The van der Waals surface area contributed by atoms with Crippen LogP contribution in [0.4, 0.5) is 22.7 Å². The molecule has 2 aromatic carbocycles. The van der Waals surface area contributed by atoms with Gasteiger partial charge in [0.1, 0.15) is 0 Å². The summed E-state index contributed by atoms with van der Waals surface area (Å²) < 4.78 is 0. The number of nitro benzene ring substituents is 1. The van der Waals surface area contributed by atoms with Crippen LogP contribution in [0.15, 0.2) is 52.7 Å². The van der Waals surface area contributed by atoms with Crippen LogP contribution < -0.4 is 24.6 Å². The molecule has 0 aliphatic heterocycles. The zero-order valence-corrected chi connectivity index (χ0v) is 11.6. The first-order valence-corrected chi connectivity index (χ1v) is 5.76. The van der Waals surface area contributed by atoms with Gasteiger partial charge in [-0.15, -0.1) is 5.11 Å². The number of aromatic carboxylic acids is 1. The zero-order valence-electron chi connectivity index (χ0n) is 12.6. The summed E-state index contributed by atoms with van der Waals surface area (Å²) in [5, 5.41) is 27.4. The molecule has 108 valence electrons. The maximum atomic E-state index is 10.9. The Morgan fingerprint density at radius 1 is 1.18 bits per heavy atom. The van der Waals surface area contributed by atoms with E-state index in [1.807, 2.05) is 0 Å². The quantitative estimate of drug-likeness (QED) is 0.277. The summed E-state index contributed by atoms with van der Waals surface area (Å²) in [6.07, 6.45) is 0. The topological polar surface area (TPSA) is 131 Å². The van der Waals surface area contributed by atoms with Crippen molar-refractivity contribution in [3.63, 3.8) is 0 Å². The van der Waals surface area contributed by atoms with Crippen LogP contribution in [-0.4, -0.2) is 16.0 Å². The number of azo groups is 1. The molecule has 0 radical (unpaired) electrons. The van der Waals surface area contributed by atoms with Crippen LogP contribution >= 0.6 is 0 Å². The van der Waals surface area contributed by atoms with Gasteiger partial charge >= 0.3 is 24.8 Å². The Labute approximate surface area is 138 Å². The summed E-state index contributed by atoms with van der Waals surface area (Å²) in [6, 6.07) is 9.87. The van der Waals surface area contributed by atoms with E-state index in [9.17, 15) is 14.9 Å². The molecular formula is C13H11LiN4O4. The van der Waals surface area contributed by atoms with Gasteiger partial charge in [0.2, 0.25) is 0 Å². The van der Waals surface area contributed by atoms with Crippen LogP contribution in [-0.2, 0) is 0 Å². The standard InChI is InChI=1S/C13H10N4O4.Li.H/c14-9-2-4-10(5-3-9)15-16-11-6-1-8(13(18)19)7-12(11)17(20)21;;/h1-7H,14H2,(H,18,19);;/q;+1;-1. The molecule has 0 aliphatic rings. The van der Waals surface area contributed by atoms with Gasteiger partial charge in [0.15, 0.2) is 5.69 Å². The van der Waals surface area contributed by atoms with Crippen molar-refractivity contribution in [3.05, 3.63) is 58.1 Å². The second-order valence-electron chi connectivity index (χ2n) is 4.06. The van der Waals surface area contributed by atoms with E-state index in [1.165, 1.54) is 12.1 Å². The largest absolute Gasteiger partial charge is 1.00 e. The Morgan fingerprint density at radius 3 is 2.36 bits per heavy atom. The molecule has 0 saturated carbocycles. The minimum Gasteiger partial charge on any atom is -1.00 e. The summed E-state index contributed by atoms with van der Waals surface area (Å²) >= 11 is 0. The monoisotopic (exact) mass is 294 g/mol. The molecule has 0 aromatic heterocycles. The van der Waals surface area contributed by atoms with Gasteiger partial charge in [-0.3, -0.25) is 10.1 Å². The number of carbonyl (C=O) groups is 1. The van der Waals surface area contributed by atoms with Gasteiger partial charge in [0.25, 0.3) is 5.69 Å². The summed E-state index contributed by atoms with van der Waals surface area (Å²) in [6.45, 7) is 0. The number of hydrogen-bond acceptors (Lipinski definition) is 6. The zero-order chi connectivity index (χ0) is 15.4. The molecule has 0 unspecified atom stereocenters. The molecule has 2 aromatic rings. The average molecular weight is 294 g/mol. The summed E-state index contributed by atoms with van der Waals surface area (Å²) in [5.41, 5.74) is 5.92. The average Bonchev–Trinajstić information content (AvgIpc) is 2.46. The number of benzene rings is 2. The molecule has 9 heteroatoms. The molecule has 0 fully saturated rings. The fraction of sp³-hybridized carbons (Fsp3) is 0. The van der Waals surface area contributed by atoms with Crippen molar-refractivity contribution in [1.82, 2.24) is 0 Å². The molecular weight excluding hydrogens is 283 g/mol. The number of nitro groups is 1. The second kappa shape index (κ2) is 7.35. The SMILES string of the molecule is Nc1ccc(N=Nc2ccc(C(=O)O)cc2[N+](=O)[O-])cc1.[H-].[Li+]. The van der Waals surface area contributed by atoms with Crippen molar-refractivity contribution in [1.29, 1.82) is 0 Å². The van der Waals surface area contributed by atoms with Gasteiger partial charge in [-0.2, -0.15) is 5.11 Å². The third-order valence-electron chi connectivity index (χ3n) is 2.59. The van der Waals surface area contributed by atoms with Crippen molar-refractivity contribution in [3.8, 4) is 0 Å². The van der Waals surface area contributed by atoms with Gasteiger partial charge < -0.3 is 12.3 Å². The number of carboxylic acid groups (broad SMARTS) is 1. The Balaban J connectivity index is 0.00000242. The van der Waals surface area contributed by atoms with E-state index in [0.717, 1.165) is 6.07 Å². The normalized spacial score (nSPS) is 10.2. The number of rotatable bonds is 4. The molecule has 2 rings (SSSR count). The van der Waals surface area contributed by atoms with E-state index in [0.29, 0.717) is 11.4 Å². The minimum absolute atomic E-state index is 0. The van der Waals surface area contributed by atoms with Gasteiger partial charge in [0, 0.05) is 11.8 Å². The van der Waals surface area contributed by atoms with Crippen molar-refractivity contribution in [2.45, 2.75) is 0 Å². The molecule has 22 heavy (non-hydrogen) atoms. The Hall–Kier alpha value is -2.69. The van der Waals surface area contributed by atoms with Gasteiger partial charge in [-0.1, -0.05) is 0 Å². The predicted molar refractivity (Wildman–Crippen MR) is 76.2 cm³/mol. The van der Waals surface area contributed by atoms with E-state index in [1.54, 1.807) is 24.3 Å². The van der Waals surface area contributed by atoms with Crippen molar-refractivity contribution < 1.29 is 35.1 Å². The second-order valence-corrected chi connectivity index (χ2v) is 4.06. The van der Waals surface area contributed by atoms with Gasteiger partial charge in [-0.25, -0.2) is 4.79 Å². The molecule has 0 heterocycles. The number of anilines is 1. The van der Waals surface area contributed by atoms with E-state index >= 15 is 0 Å². The third-order valence-corrected chi connectivity index (χ3v) is 2.59. The van der Waals surface area contributed by atoms with Crippen LogP contribution in [0, 0.1) is 10.1 Å². The maximum absolute atomic E-state index is 10.9. The number of nitrogens with two attached hydrogens (primary N) is 1. The first kappa shape index (κ1) is 17.4. The summed E-state index contributed by atoms with van der Waals surface area (Å²) in [5.74, 6) is -1.25. The molecule has 3 N–H and O–H groups in total. The van der Waals surface area contributed by atoms with Crippen LogP contribution in [0.2, 0.25) is 0 Å². The minimum atomic E-state index is -1.25. The van der Waals surface area contributed by atoms with Crippen LogP contribution in [0.25, 0.3) is 0 Å². The van der Waals surface area contributed by atoms with Crippen molar-refractivity contribution in [2.24, 2.45) is 10.2 Å².